The summed E-state index contributed by atoms with van der Waals surface area (Å²) in [5, 5.41) is 14.9. The first kappa shape index (κ1) is 19.5. The molecule has 0 aliphatic carbocycles. The van der Waals surface area contributed by atoms with Crippen molar-refractivity contribution in [2.45, 2.75) is 19.5 Å². The molecule has 0 unspecified atom stereocenters. The number of nitro benzene ring substituents is 1. The second-order valence-electron chi connectivity index (χ2n) is 7.01. The van der Waals surface area contributed by atoms with Crippen LogP contribution >= 0.6 is 0 Å². The van der Waals surface area contributed by atoms with Crippen molar-refractivity contribution in [3.63, 3.8) is 0 Å². The molecule has 9 nitrogen and oxygen atoms in total. The Morgan fingerprint density at radius 2 is 2.07 bits per heavy atom. The van der Waals surface area contributed by atoms with Crippen LogP contribution < -0.4 is 11.0 Å². The fourth-order valence-electron chi connectivity index (χ4n) is 3.40. The Morgan fingerprint density at radius 1 is 1.23 bits per heavy atom. The topological polar surface area (TPSA) is 117 Å². The van der Waals surface area contributed by atoms with Crippen molar-refractivity contribution in [2.24, 2.45) is 5.10 Å². The van der Waals surface area contributed by atoms with E-state index in [2.05, 4.69) is 37.5 Å². The minimum Gasteiger partial charge on any atom is -0.294 e. The number of nitrogens with one attached hydrogen (secondary N) is 2. The summed E-state index contributed by atoms with van der Waals surface area (Å²) in [6.45, 7) is 2.14. The molecular formula is C21H20N6O3. The molecule has 0 amide bonds. The van der Waals surface area contributed by atoms with Crippen molar-refractivity contribution in [1.82, 2.24) is 14.9 Å². The van der Waals surface area contributed by atoms with Crippen molar-refractivity contribution in [2.75, 3.05) is 12.0 Å². The molecule has 0 radical (unpaired) electrons. The maximum absolute atomic E-state index is 12.5. The summed E-state index contributed by atoms with van der Waals surface area (Å²) in [7, 11) is 0. The van der Waals surface area contributed by atoms with Gasteiger partial charge in [0, 0.05) is 43.8 Å². The van der Waals surface area contributed by atoms with Gasteiger partial charge in [0.25, 0.3) is 11.2 Å². The first-order valence-electron chi connectivity index (χ1n) is 9.50. The van der Waals surface area contributed by atoms with Gasteiger partial charge in [-0.25, -0.2) is 10.4 Å². The Bertz CT molecular complexity index is 1140. The zero-order valence-corrected chi connectivity index (χ0v) is 16.1. The maximum Gasteiger partial charge on any atom is 0.270 e. The summed E-state index contributed by atoms with van der Waals surface area (Å²) in [5.41, 5.74) is 5.70. The van der Waals surface area contributed by atoms with E-state index in [1.807, 2.05) is 18.2 Å². The van der Waals surface area contributed by atoms with E-state index in [-0.39, 0.29) is 17.2 Å². The van der Waals surface area contributed by atoms with E-state index >= 15 is 0 Å². The third kappa shape index (κ3) is 4.58. The van der Waals surface area contributed by atoms with Crippen LogP contribution in [0.1, 0.15) is 22.4 Å². The van der Waals surface area contributed by atoms with Crippen LogP contribution in [0.4, 0.5) is 11.6 Å². The summed E-state index contributed by atoms with van der Waals surface area (Å²) in [4.78, 5) is 32.3. The van der Waals surface area contributed by atoms with Crippen molar-refractivity contribution >= 4 is 17.9 Å². The smallest absolute Gasteiger partial charge is 0.270 e. The number of aromatic nitrogens is 2. The van der Waals surface area contributed by atoms with Crippen LogP contribution in [-0.2, 0) is 19.5 Å². The van der Waals surface area contributed by atoms with E-state index < -0.39 is 4.92 Å². The minimum absolute atomic E-state index is 0.0145. The molecule has 152 valence electrons. The number of non-ortho nitro benzene ring substituents is 1. The monoisotopic (exact) mass is 404 g/mol. The van der Waals surface area contributed by atoms with Gasteiger partial charge in [0.05, 0.1) is 22.4 Å². The largest absolute Gasteiger partial charge is 0.294 e. The average molecular weight is 404 g/mol. The minimum atomic E-state index is -0.464. The number of benzene rings is 2. The number of anilines is 1. The number of hydrogen-bond acceptors (Lipinski definition) is 7. The number of hydrogen-bond donors (Lipinski definition) is 2. The molecule has 0 spiro atoms. The number of fused-ring (bicyclic) bond motifs is 1. The molecule has 0 atom stereocenters. The lowest BCUT2D eigenvalue weighted by Gasteiger charge is -2.27. The second-order valence-corrected chi connectivity index (χ2v) is 7.01. The quantitative estimate of drug-likeness (QED) is 0.371. The third-order valence-electron chi connectivity index (χ3n) is 4.86. The zero-order chi connectivity index (χ0) is 20.9. The van der Waals surface area contributed by atoms with E-state index in [9.17, 15) is 14.9 Å². The predicted molar refractivity (Wildman–Crippen MR) is 113 cm³/mol. The van der Waals surface area contributed by atoms with Gasteiger partial charge < -0.3 is 0 Å². The Labute approximate surface area is 172 Å². The summed E-state index contributed by atoms with van der Waals surface area (Å²) >= 11 is 0. The first-order chi connectivity index (χ1) is 14.6. The summed E-state index contributed by atoms with van der Waals surface area (Å²) in [6, 6.07) is 16.3. The van der Waals surface area contributed by atoms with Gasteiger partial charge in [-0.2, -0.15) is 5.10 Å². The first-order valence-corrected chi connectivity index (χ1v) is 9.50. The Kier molecular flexibility index (Phi) is 5.62. The van der Waals surface area contributed by atoms with Crippen LogP contribution in [0.3, 0.4) is 0 Å². The highest BCUT2D eigenvalue weighted by atomic mass is 16.6. The van der Waals surface area contributed by atoms with Gasteiger partial charge in [-0.1, -0.05) is 42.5 Å². The van der Waals surface area contributed by atoms with Gasteiger partial charge in [0.1, 0.15) is 0 Å². The molecule has 4 rings (SSSR count). The van der Waals surface area contributed by atoms with Crippen LogP contribution in [0.15, 0.2) is 64.5 Å². The lowest BCUT2D eigenvalue weighted by molar-refractivity contribution is -0.384. The van der Waals surface area contributed by atoms with E-state index in [4.69, 9.17) is 0 Å². The van der Waals surface area contributed by atoms with Gasteiger partial charge >= 0.3 is 0 Å². The summed E-state index contributed by atoms with van der Waals surface area (Å²) in [6.07, 6.45) is 2.11. The molecule has 2 aromatic carbocycles. The highest BCUT2D eigenvalue weighted by Gasteiger charge is 2.21. The molecule has 0 fully saturated rings. The van der Waals surface area contributed by atoms with Crippen LogP contribution in [0.5, 0.6) is 0 Å². The van der Waals surface area contributed by atoms with Gasteiger partial charge in [0.15, 0.2) is 0 Å². The highest BCUT2D eigenvalue weighted by Crippen LogP contribution is 2.17. The molecule has 1 aliphatic rings. The number of hydrazone groups is 1. The Hall–Kier alpha value is -3.85. The molecule has 2 N–H and O–H groups in total. The van der Waals surface area contributed by atoms with E-state index in [1.165, 1.54) is 23.9 Å². The fourth-order valence-corrected chi connectivity index (χ4v) is 3.40. The summed E-state index contributed by atoms with van der Waals surface area (Å²) < 4.78 is 0. The number of nitrogens with zero attached hydrogens (tertiary/aromatic N) is 4. The van der Waals surface area contributed by atoms with Gasteiger partial charge in [0.2, 0.25) is 5.95 Å². The molecule has 0 saturated heterocycles. The predicted octanol–water partition coefficient (Wildman–Crippen LogP) is 2.68. The molecule has 0 bridgehead atoms. The lowest BCUT2D eigenvalue weighted by atomic mass is 10.1. The molecule has 9 heteroatoms. The number of H-pyrrole nitrogens is 1. The molecule has 3 aromatic rings. The third-order valence-corrected chi connectivity index (χ3v) is 4.86. The Balaban J connectivity index is 1.44. The Morgan fingerprint density at radius 3 is 2.87 bits per heavy atom. The standard InChI is InChI=1S/C21H20N6O3/c28-20-18-14-26(13-15-5-2-1-3-6-15)10-9-19(18)23-21(24-20)25-22-12-16-7-4-8-17(11-16)27(29)30/h1-8,11-12H,9-10,13-14H2,(H2,23,24,25,28)/b22-12-. The van der Waals surface area contributed by atoms with Crippen LogP contribution in [0, 0.1) is 10.1 Å². The van der Waals surface area contributed by atoms with Gasteiger partial charge in [-0.3, -0.25) is 24.8 Å². The maximum atomic E-state index is 12.5. The normalized spacial score (nSPS) is 13.9. The highest BCUT2D eigenvalue weighted by molar-refractivity contribution is 5.81. The van der Waals surface area contributed by atoms with Crippen molar-refractivity contribution in [3.05, 3.63) is 97.4 Å². The van der Waals surface area contributed by atoms with Crippen molar-refractivity contribution < 1.29 is 4.92 Å². The van der Waals surface area contributed by atoms with Crippen LogP contribution in [-0.4, -0.2) is 32.6 Å². The van der Waals surface area contributed by atoms with E-state index in [0.29, 0.717) is 24.1 Å². The van der Waals surface area contributed by atoms with Crippen LogP contribution in [0.2, 0.25) is 0 Å². The SMILES string of the molecule is O=c1[nH]c(N/N=C\c2cccc([N+](=O)[O-])c2)nc2c1CN(Cc1ccccc1)CC2. The van der Waals surface area contributed by atoms with Gasteiger partial charge in [-0.15, -0.1) is 0 Å². The van der Waals surface area contributed by atoms with E-state index in [1.54, 1.807) is 12.1 Å². The van der Waals surface area contributed by atoms with Crippen LogP contribution in [0.25, 0.3) is 0 Å². The molecule has 30 heavy (non-hydrogen) atoms. The second kappa shape index (κ2) is 8.66. The zero-order valence-electron chi connectivity index (χ0n) is 16.1. The van der Waals surface area contributed by atoms with E-state index in [0.717, 1.165) is 18.8 Å². The van der Waals surface area contributed by atoms with Crippen molar-refractivity contribution in [1.29, 1.82) is 0 Å². The van der Waals surface area contributed by atoms with Gasteiger partial charge in [-0.05, 0) is 5.56 Å². The fraction of sp³-hybridized carbons (Fsp3) is 0.190. The lowest BCUT2D eigenvalue weighted by Crippen LogP contribution is -2.35. The van der Waals surface area contributed by atoms with Crippen molar-refractivity contribution in [3.8, 4) is 0 Å². The molecule has 1 aromatic heterocycles. The number of rotatable bonds is 6. The molecule has 0 saturated carbocycles. The molecular weight excluding hydrogens is 384 g/mol. The molecule has 1 aliphatic heterocycles. The number of aromatic amines is 1. The summed E-state index contributed by atoms with van der Waals surface area (Å²) in [5.74, 6) is 0.247. The molecule has 2 heterocycles. The number of nitro groups is 1. The average Bonchev–Trinajstić information content (AvgIpc) is 2.75.